The summed E-state index contributed by atoms with van der Waals surface area (Å²) in [6.07, 6.45) is 8.18. The number of aliphatic hydroxyl groups is 1. The van der Waals surface area contributed by atoms with Crippen molar-refractivity contribution in [1.29, 1.82) is 0 Å². The molecule has 2 aromatic rings. The number of hydrogen-bond acceptors (Lipinski definition) is 5. The zero-order valence-corrected chi connectivity index (χ0v) is 26.8. The minimum absolute atomic E-state index is 0.0815. The van der Waals surface area contributed by atoms with Gasteiger partial charge in [0, 0.05) is 41.4 Å². The fourth-order valence-electron chi connectivity index (χ4n) is 7.05. The maximum Gasteiger partial charge on any atom is 0.292 e. The van der Waals surface area contributed by atoms with Gasteiger partial charge in [0.05, 0.1) is 29.8 Å². The lowest BCUT2D eigenvalue weighted by Gasteiger charge is -2.42. The molecule has 2 heterocycles. The molecular weight excluding hydrogens is 568 g/mol. The van der Waals surface area contributed by atoms with E-state index in [2.05, 4.69) is 35.6 Å². The van der Waals surface area contributed by atoms with Crippen LogP contribution < -0.4 is 14.4 Å². The average Bonchev–Trinajstić information content (AvgIpc) is 3.09. The van der Waals surface area contributed by atoms with E-state index >= 15 is 0 Å². The first-order chi connectivity index (χ1) is 20.2. The lowest BCUT2D eigenvalue weighted by atomic mass is 9.70. The molecule has 1 aliphatic carbocycles. The zero-order valence-electron chi connectivity index (χ0n) is 25.2. The molecule has 1 saturated carbocycles. The number of carbonyl (C=O) groups excluding carboxylic acids is 1. The topological polar surface area (TPSA) is 84.9 Å². The van der Waals surface area contributed by atoms with Crippen LogP contribution in [0.15, 0.2) is 48.6 Å². The number of carbonyl (C=O) groups is 1. The fraction of sp³-hybridized carbons (Fsp3) is 0.559. The quantitative estimate of drug-likeness (QED) is 0.297. The van der Waals surface area contributed by atoms with Crippen molar-refractivity contribution < 1.29 is 19.2 Å². The van der Waals surface area contributed by atoms with Crippen LogP contribution in [-0.2, 0) is 17.8 Å². The first-order valence-corrected chi connectivity index (χ1v) is 17.1. The Labute approximate surface area is 259 Å². The van der Waals surface area contributed by atoms with E-state index in [1.54, 1.807) is 6.07 Å². The summed E-state index contributed by atoms with van der Waals surface area (Å²) in [6.45, 7) is 10.3. The molecule has 8 heteroatoms. The lowest BCUT2D eigenvalue weighted by molar-refractivity contribution is 0.0461. The van der Waals surface area contributed by atoms with Crippen LogP contribution in [0.25, 0.3) is 0 Å². The summed E-state index contributed by atoms with van der Waals surface area (Å²) < 4.78 is 22.7. The molecule has 5 unspecified atom stereocenters. The third kappa shape index (κ3) is 6.80. The van der Waals surface area contributed by atoms with Crippen molar-refractivity contribution >= 4 is 34.6 Å². The van der Waals surface area contributed by atoms with Crippen molar-refractivity contribution in [3.8, 4) is 5.75 Å². The number of allylic oxidation sites excluding steroid dienone is 1. The second kappa shape index (κ2) is 13.6. The molecule has 2 aromatic carbocycles. The highest BCUT2D eigenvalue weighted by molar-refractivity contribution is 7.90. The van der Waals surface area contributed by atoms with Crippen molar-refractivity contribution in [2.75, 3.05) is 24.6 Å². The highest BCUT2D eigenvalue weighted by atomic mass is 35.5. The van der Waals surface area contributed by atoms with Gasteiger partial charge < -0.3 is 19.3 Å². The number of anilines is 1. The van der Waals surface area contributed by atoms with Crippen molar-refractivity contribution in [3.05, 3.63) is 70.3 Å². The van der Waals surface area contributed by atoms with E-state index in [-0.39, 0.29) is 34.8 Å². The molecule has 228 valence electrons. The van der Waals surface area contributed by atoms with Crippen LogP contribution in [0, 0.1) is 23.7 Å². The van der Waals surface area contributed by atoms with Crippen molar-refractivity contribution in [1.82, 2.24) is 4.72 Å². The molecule has 0 aromatic heterocycles. The summed E-state index contributed by atoms with van der Waals surface area (Å²) in [5, 5.41) is 11.7. The number of halogens is 1. The molecule has 2 bridgehead atoms. The monoisotopic (exact) mass is 612 g/mol. The van der Waals surface area contributed by atoms with Crippen LogP contribution in [0.2, 0.25) is 5.02 Å². The van der Waals surface area contributed by atoms with Crippen LogP contribution in [0.5, 0.6) is 5.75 Å². The van der Waals surface area contributed by atoms with Gasteiger partial charge in [0.15, 0.2) is 0 Å². The van der Waals surface area contributed by atoms with Crippen LogP contribution in [0.4, 0.5) is 5.69 Å². The molecule has 2 N–H and O–H groups in total. The first-order valence-electron chi connectivity index (χ1n) is 15.5. The third-order valence-corrected chi connectivity index (χ3v) is 11.5. The fourth-order valence-corrected chi connectivity index (χ4v) is 8.71. The molecular formula is C34H45ClN2O4S. The van der Waals surface area contributed by atoms with Gasteiger partial charge in [0.2, 0.25) is 0 Å². The van der Waals surface area contributed by atoms with Crippen LogP contribution in [0.3, 0.4) is 0 Å². The Balaban J connectivity index is 1.52. The van der Waals surface area contributed by atoms with Gasteiger partial charge in [-0.1, -0.05) is 63.9 Å². The number of nitrogens with one attached hydrogen (secondary N) is 1. The maximum atomic E-state index is 13.5. The Bertz CT molecular complexity index is 1290. The standard InChI is InChI=1S/C34H45ClN2O4S/c1-5-7-23-16-27(35)12-14-28(23)26-19-37-18-25-10-13-29(25)31(38)9-6-8-22(4)33(21(2)3)42(40)36-34(39)24-11-15-32(41-20-26)30(37)17-24/h6,9,11-12,14-17,21-22,25-26,29,31,33,38H,5,7-8,10,13,18-20H2,1-4H3,(H,36,39)/b9-6+/t22?,25?,26-,29+,31?,33?,42?/m0/s1. The number of benzene rings is 2. The smallest absolute Gasteiger partial charge is 0.292 e. The minimum atomic E-state index is -1.55. The normalized spacial score (nSPS) is 30.9. The number of hydrogen-bond donors (Lipinski definition) is 2. The van der Waals surface area contributed by atoms with E-state index in [1.165, 1.54) is 11.1 Å². The van der Waals surface area contributed by atoms with Gasteiger partial charge in [-0.05, 0) is 79.0 Å². The Morgan fingerprint density at radius 2 is 2.00 bits per heavy atom. The molecule has 1 amide bonds. The number of ether oxygens (including phenoxy) is 1. The first kappa shape index (κ1) is 31.2. The number of aryl methyl sites for hydroxylation is 1. The summed E-state index contributed by atoms with van der Waals surface area (Å²) in [7, 11) is 0. The highest BCUT2D eigenvalue weighted by Crippen LogP contribution is 2.42. The number of amides is 1. The number of rotatable bonds is 4. The largest absolute Gasteiger partial charge is 0.593 e. The molecule has 0 saturated heterocycles. The summed E-state index contributed by atoms with van der Waals surface area (Å²) in [4.78, 5) is 15.8. The van der Waals surface area contributed by atoms with Crippen molar-refractivity contribution in [3.63, 3.8) is 0 Å². The Morgan fingerprint density at radius 3 is 2.71 bits per heavy atom. The summed E-state index contributed by atoms with van der Waals surface area (Å²) in [5.74, 6) is 1.23. The van der Waals surface area contributed by atoms with Crippen molar-refractivity contribution in [2.45, 2.75) is 77.1 Å². The molecule has 3 aliphatic rings. The summed E-state index contributed by atoms with van der Waals surface area (Å²) >= 11 is 4.84. The predicted molar refractivity (Wildman–Crippen MR) is 172 cm³/mol. The molecule has 2 aliphatic heterocycles. The van der Waals surface area contributed by atoms with E-state index in [1.807, 2.05) is 44.2 Å². The third-order valence-electron chi connectivity index (χ3n) is 9.38. The van der Waals surface area contributed by atoms with Gasteiger partial charge >= 0.3 is 0 Å². The van der Waals surface area contributed by atoms with Crippen LogP contribution in [0.1, 0.15) is 80.8 Å². The van der Waals surface area contributed by atoms with E-state index in [0.717, 1.165) is 55.2 Å². The molecule has 42 heavy (non-hydrogen) atoms. The van der Waals surface area contributed by atoms with Gasteiger partial charge in [-0.3, -0.25) is 4.79 Å². The number of nitrogens with zero attached hydrogens (tertiary/aromatic N) is 1. The average molecular weight is 613 g/mol. The lowest BCUT2D eigenvalue weighted by Crippen LogP contribution is -2.45. The second-order valence-electron chi connectivity index (χ2n) is 12.8. The number of aliphatic hydroxyl groups excluding tert-OH is 1. The predicted octanol–water partition coefficient (Wildman–Crippen LogP) is 6.68. The van der Waals surface area contributed by atoms with Crippen LogP contribution >= 0.6 is 11.6 Å². The molecule has 0 radical (unpaired) electrons. The SMILES string of the molecule is CCCc1cc(Cl)ccc1[C@@H]1COc2ccc3cc2N(CC2CC[C@H]2C(O)/C=C/CC(C)C(C(C)C)[S+]([O-])NC3=O)C1. The van der Waals surface area contributed by atoms with Gasteiger partial charge in [0.25, 0.3) is 5.91 Å². The Hall–Kier alpha value is -2.19. The Kier molecular flexibility index (Phi) is 10.1. The van der Waals surface area contributed by atoms with Gasteiger partial charge in [-0.25, -0.2) is 0 Å². The van der Waals surface area contributed by atoms with E-state index in [0.29, 0.717) is 24.5 Å². The van der Waals surface area contributed by atoms with E-state index in [9.17, 15) is 14.5 Å². The van der Waals surface area contributed by atoms with E-state index < -0.39 is 17.5 Å². The zero-order chi connectivity index (χ0) is 30.0. The number of fused-ring (bicyclic) bond motifs is 2. The Morgan fingerprint density at radius 1 is 1.19 bits per heavy atom. The second-order valence-corrected chi connectivity index (χ2v) is 14.5. The van der Waals surface area contributed by atoms with E-state index in [4.69, 9.17) is 16.3 Å². The summed E-state index contributed by atoms with van der Waals surface area (Å²) in [5.41, 5.74) is 3.84. The van der Waals surface area contributed by atoms with Gasteiger partial charge in [-0.2, -0.15) is 4.72 Å². The minimum Gasteiger partial charge on any atom is -0.593 e. The highest BCUT2D eigenvalue weighted by Gasteiger charge is 2.39. The van der Waals surface area contributed by atoms with Gasteiger partial charge in [-0.15, -0.1) is 0 Å². The molecule has 7 atom stereocenters. The molecule has 6 nitrogen and oxygen atoms in total. The van der Waals surface area contributed by atoms with Crippen molar-refractivity contribution in [2.24, 2.45) is 23.7 Å². The summed E-state index contributed by atoms with van der Waals surface area (Å²) in [6, 6.07) is 11.7. The van der Waals surface area contributed by atoms with Gasteiger partial charge in [0.1, 0.15) is 11.0 Å². The maximum absolute atomic E-state index is 13.5. The molecule has 5 rings (SSSR count). The molecule has 0 spiro atoms. The molecule has 1 fully saturated rings. The van der Waals surface area contributed by atoms with Crippen LogP contribution in [-0.4, -0.2) is 46.6 Å².